The van der Waals surface area contributed by atoms with Crippen molar-refractivity contribution in [3.05, 3.63) is 53.1 Å². The number of ether oxygens (including phenoxy) is 1. The molecular formula is C17H16ClN3O2. The number of para-hydroxylation sites is 2. The van der Waals surface area contributed by atoms with Crippen LogP contribution in [0, 0.1) is 6.92 Å². The lowest BCUT2D eigenvalue weighted by atomic mass is 10.2. The number of carbonyl (C=O) groups excluding carboxylic acids is 1. The summed E-state index contributed by atoms with van der Waals surface area (Å²) in [6.07, 6.45) is -0.664. The van der Waals surface area contributed by atoms with E-state index in [0.29, 0.717) is 16.7 Å². The molecule has 0 saturated carbocycles. The van der Waals surface area contributed by atoms with Crippen LogP contribution < -0.4 is 10.1 Å². The number of imidazole rings is 1. The minimum absolute atomic E-state index is 0.279. The zero-order valence-electron chi connectivity index (χ0n) is 12.8. The van der Waals surface area contributed by atoms with Gasteiger partial charge in [-0.05, 0) is 49.7 Å². The fourth-order valence-corrected chi connectivity index (χ4v) is 2.45. The van der Waals surface area contributed by atoms with Crippen LogP contribution in [0.5, 0.6) is 5.75 Å². The molecule has 23 heavy (non-hydrogen) atoms. The topological polar surface area (TPSA) is 67.0 Å². The number of aryl methyl sites for hydroxylation is 1. The summed E-state index contributed by atoms with van der Waals surface area (Å²) >= 11 is 5.91. The number of hydrogen-bond acceptors (Lipinski definition) is 3. The van der Waals surface area contributed by atoms with E-state index in [1.165, 1.54) is 0 Å². The number of H-pyrrole nitrogens is 1. The van der Waals surface area contributed by atoms with Gasteiger partial charge in [0.05, 0.1) is 11.0 Å². The van der Waals surface area contributed by atoms with E-state index >= 15 is 0 Å². The number of fused-ring (bicyclic) bond motifs is 1. The van der Waals surface area contributed by atoms with Gasteiger partial charge in [-0.15, -0.1) is 0 Å². The fraction of sp³-hybridized carbons (Fsp3) is 0.176. The standard InChI is InChI=1S/C17H16ClN3O2/c1-10-9-12(18)7-8-15(10)23-11(2)16(22)21-17-19-13-5-3-4-6-14(13)20-17/h3-9,11H,1-2H3,(H2,19,20,21,22). The fourth-order valence-electron chi connectivity index (χ4n) is 2.22. The predicted molar refractivity (Wildman–Crippen MR) is 91.0 cm³/mol. The lowest BCUT2D eigenvalue weighted by Gasteiger charge is -2.15. The highest BCUT2D eigenvalue weighted by molar-refractivity contribution is 6.30. The van der Waals surface area contributed by atoms with Gasteiger partial charge in [0.15, 0.2) is 6.10 Å². The summed E-state index contributed by atoms with van der Waals surface area (Å²) in [5, 5.41) is 3.36. The highest BCUT2D eigenvalue weighted by atomic mass is 35.5. The Balaban J connectivity index is 1.69. The normalized spacial score (nSPS) is 12.1. The van der Waals surface area contributed by atoms with Crippen molar-refractivity contribution >= 4 is 34.5 Å². The molecule has 0 saturated heterocycles. The largest absolute Gasteiger partial charge is 0.481 e. The van der Waals surface area contributed by atoms with Gasteiger partial charge in [-0.2, -0.15) is 0 Å². The molecule has 5 nitrogen and oxygen atoms in total. The number of aromatic amines is 1. The number of rotatable bonds is 4. The van der Waals surface area contributed by atoms with Crippen molar-refractivity contribution in [2.75, 3.05) is 5.32 Å². The Morgan fingerprint density at radius 1 is 1.30 bits per heavy atom. The highest BCUT2D eigenvalue weighted by Crippen LogP contribution is 2.23. The zero-order valence-corrected chi connectivity index (χ0v) is 13.5. The molecule has 2 aromatic carbocycles. The number of amides is 1. The quantitative estimate of drug-likeness (QED) is 0.762. The van der Waals surface area contributed by atoms with Gasteiger partial charge in [0.2, 0.25) is 5.95 Å². The summed E-state index contributed by atoms with van der Waals surface area (Å²) in [5.41, 5.74) is 2.54. The number of halogens is 1. The average molecular weight is 330 g/mol. The molecule has 3 aromatic rings. The maximum Gasteiger partial charge on any atom is 0.267 e. The SMILES string of the molecule is Cc1cc(Cl)ccc1OC(C)C(=O)Nc1nc2ccccc2[nH]1. The maximum atomic E-state index is 12.2. The molecule has 0 aliphatic carbocycles. The first-order valence-corrected chi connectivity index (χ1v) is 7.59. The van der Waals surface area contributed by atoms with E-state index in [2.05, 4.69) is 15.3 Å². The molecule has 1 amide bonds. The van der Waals surface area contributed by atoms with Crippen molar-refractivity contribution in [3.63, 3.8) is 0 Å². The average Bonchev–Trinajstić information content (AvgIpc) is 2.92. The molecule has 1 heterocycles. The second-order valence-corrected chi connectivity index (χ2v) is 5.70. The minimum atomic E-state index is -0.664. The van der Waals surface area contributed by atoms with Gasteiger partial charge in [-0.1, -0.05) is 23.7 Å². The number of carbonyl (C=O) groups is 1. The zero-order chi connectivity index (χ0) is 16.4. The molecule has 118 valence electrons. The Hall–Kier alpha value is -2.53. The highest BCUT2D eigenvalue weighted by Gasteiger charge is 2.17. The first kappa shape index (κ1) is 15.4. The van der Waals surface area contributed by atoms with Crippen LogP contribution in [-0.2, 0) is 4.79 Å². The van der Waals surface area contributed by atoms with Crippen molar-refractivity contribution in [3.8, 4) is 5.75 Å². The van der Waals surface area contributed by atoms with Crippen LogP contribution in [0.1, 0.15) is 12.5 Å². The second kappa shape index (κ2) is 6.30. The van der Waals surface area contributed by atoms with E-state index in [-0.39, 0.29) is 5.91 Å². The molecule has 2 N–H and O–H groups in total. The molecule has 3 rings (SSSR count). The van der Waals surface area contributed by atoms with Gasteiger partial charge in [0.1, 0.15) is 5.75 Å². The number of nitrogens with one attached hydrogen (secondary N) is 2. The van der Waals surface area contributed by atoms with Gasteiger partial charge in [-0.25, -0.2) is 4.98 Å². The maximum absolute atomic E-state index is 12.2. The first-order valence-electron chi connectivity index (χ1n) is 7.21. The van der Waals surface area contributed by atoms with Gasteiger partial charge in [0.25, 0.3) is 5.91 Å². The van der Waals surface area contributed by atoms with Gasteiger partial charge in [0, 0.05) is 5.02 Å². The summed E-state index contributed by atoms with van der Waals surface area (Å²) in [7, 11) is 0. The molecule has 0 bridgehead atoms. The van der Waals surface area contributed by atoms with E-state index in [9.17, 15) is 4.79 Å². The van der Waals surface area contributed by atoms with E-state index in [1.54, 1.807) is 25.1 Å². The van der Waals surface area contributed by atoms with Crippen molar-refractivity contribution in [1.82, 2.24) is 9.97 Å². The molecular weight excluding hydrogens is 314 g/mol. The molecule has 6 heteroatoms. The van der Waals surface area contributed by atoms with Crippen molar-refractivity contribution in [1.29, 1.82) is 0 Å². The molecule has 0 fully saturated rings. The predicted octanol–water partition coefficient (Wildman–Crippen LogP) is 3.93. The number of hydrogen-bond donors (Lipinski definition) is 2. The Morgan fingerprint density at radius 3 is 2.83 bits per heavy atom. The van der Waals surface area contributed by atoms with Crippen LogP contribution in [0.2, 0.25) is 5.02 Å². The number of aromatic nitrogens is 2. The smallest absolute Gasteiger partial charge is 0.267 e. The molecule has 1 unspecified atom stereocenters. The Labute approximate surface area is 138 Å². The van der Waals surface area contributed by atoms with E-state index in [1.807, 2.05) is 31.2 Å². The van der Waals surface area contributed by atoms with Crippen LogP contribution in [0.3, 0.4) is 0 Å². The monoisotopic (exact) mass is 329 g/mol. The van der Waals surface area contributed by atoms with Crippen LogP contribution in [-0.4, -0.2) is 22.0 Å². The second-order valence-electron chi connectivity index (χ2n) is 5.26. The molecule has 1 aromatic heterocycles. The Bertz CT molecular complexity index is 827. The van der Waals surface area contributed by atoms with E-state index in [4.69, 9.17) is 16.3 Å². The van der Waals surface area contributed by atoms with Crippen molar-refractivity contribution in [2.24, 2.45) is 0 Å². The van der Waals surface area contributed by atoms with Crippen LogP contribution >= 0.6 is 11.6 Å². The van der Waals surface area contributed by atoms with E-state index < -0.39 is 6.10 Å². The summed E-state index contributed by atoms with van der Waals surface area (Å²) in [5.74, 6) is 0.750. The Morgan fingerprint density at radius 2 is 2.09 bits per heavy atom. The lowest BCUT2D eigenvalue weighted by molar-refractivity contribution is -0.122. The third-order valence-electron chi connectivity index (χ3n) is 3.44. The molecule has 1 atom stereocenters. The van der Waals surface area contributed by atoms with Crippen LogP contribution in [0.15, 0.2) is 42.5 Å². The molecule has 0 spiro atoms. The van der Waals surface area contributed by atoms with Crippen molar-refractivity contribution < 1.29 is 9.53 Å². The number of nitrogens with zero attached hydrogens (tertiary/aromatic N) is 1. The van der Waals surface area contributed by atoms with E-state index in [0.717, 1.165) is 16.6 Å². The summed E-state index contributed by atoms with van der Waals surface area (Å²) in [6.45, 7) is 3.57. The third-order valence-corrected chi connectivity index (χ3v) is 3.68. The van der Waals surface area contributed by atoms with Crippen LogP contribution in [0.25, 0.3) is 11.0 Å². The summed E-state index contributed by atoms with van der Waals surface area (Å²) in [4.78, 5) is 19.6. The lowest BCUT2D eigenvalue weighted by Crippen LogP contribution is -2.30. The summed E-state index contributed by atoms with van der Waals surface area (Å²) < 4.78 is 5.70. The molecule has 0 aliphatic rings. The van der Waals surface area contributed by atoms with Gasteiger partial charge < -0.3 is 9.72 Å². The van der Waals surface area contributed by atoms with Crippen molar-refractivity contribution in [2.45, 2.75) is 20.0 Å². The Kier molecular flexibility index (Phi) is 4.21. The van der Waals surface area contributed by atoms with Gasteiger partial charge >= 0.3 is 0 Å². The van der Waals surface area contributed by atoms with Crippen LogP contribution in [0.4, 0.5) is 5.95 Å². The molecule has 0 aliphatic heterocycles. The third kappa shape index (κ3) is 3.46. The number of benzene rings is 2. The minimum Gasteiger partial charge on any atom is -0.481 e. The first-order chi connectivity index (χ1) is 11.0. The number of anilines is 1. The van der Waals surface area contributed by atoms with Gasteiger partial charge in [-0.3, -0.25) is 10.1 Å². The summed E-state index contributed by atoms with van der Waals surface area (Å²) in [6, 6.07) is 12.8. The molecule has 0 radical (unpaired) electrons.